The molecule has 0 aromatic heterocycles. The minimum Gasteiger partial charge on any atom is -0.380 e. The zero-order valence-corrected chi connectivity index (χ0v) is 10.1. The summed E-state index contributed by atoms with van der Waals surface area (Å²) in [5.41, 5.74) is 0. The fraction of sp³-hybridized carbons (Fsp3) is 1.00. The summed E-state index contributed by atoms with van der Waals surface area (Å²) >= 11 is 3.49. The van der Waals surface area contributed by atoms with Gasteiger partial charge >= 0.3 is 0 Å². The topological polar surface area (TPSA) is 12.5 Å². The van der Waals surface area contributed by atoms with Crippen LogP contribution in [0.5, 0.6) is 0 Å². The van der Waals surface area contributed by atoms with E-state index in [0.717, 1.165) is 37.6 Å². The van der Waals surface area contributed by atoms with Crippen LogP contribution in [0.4, 0.5) is 0 Å². The molecule has 2 nitrogen and oxygen atoms in total. The summed E-state index contributed by atoms with van der Waals surface area (Å²) in [5.74, 6) is 0. The molecule has 1 saturated carbocycles. The van der Waals surface area contributed by atoms with Gasteiger partial charge < -0.3 is 4.74 Å². The highest BCUT2D eigenvalue weighted by atomic mass is 79.9. The number of halogens is 1. The second-order valence-electron chi connectivity index (χ2n) is 3.57. The average Bonchev–Trinajstić information content (AvgIpc) is 2.93. The smallest absolute Gasteiger partial charge is 0.0593 e. The first kappa shape index (κ1) is 11.5. The van der Waals surface area contributed by atoms with Crippen molar-refractivity contribution < 1.29 is 4.74 Å². The Morgan fingerprint density at radius 2 is 2.08 bits per heavy atom. The van der Waals surface area contributed by atoms with Crippen LogP contribution in [-0.2, 0) is 4.74 Å². The minimum atomic E-state index is 0.864. The standard InChI is InChI=1S/C10H20BrNO/c1-2-8-13-9-7-12(6-5-11)10-3-4-10/h10H,2-9H2,1H3. The number of hydrogen-bond acceptors (Lipinski definition) is 2. The molecule has 0 atom stereocenters. The van der Waals surface area contributed by atoms with Crippen LogP contribution in [0, 0.1) is 0 Å². The van der Waals surface area contributed by atoms with E-state index < -0.39 is 0 Å². The Morgan fingerprint density at radius 3 is 2.62 bits per heavy atom. The molecule has 3 heteroatoms. The molecule has 0 bridgehead atoms. The molecule has 0 radical (unpaired) electrons. The summed E-state index contributed by atoms with van der Waals surface area (Å²) in [6.07, 6.45) is 3.91. The third-order valence-electron chi connectivity index (χ3n) is 2.31. The summed E-state index contributed by atoms with van der Waals surface area (Å²) < 4.78 is 5.48. The number of ether oxygens (including phenoxy) is 1. The van der Waals surface area contributed by atoms with Gasteiger partial charge in [-0.2, -0.15) is 0 Å². The normalized spacial score (nSPS) is 16.8. The van der Waals surface area contributed by atoms with Crippen molar-refractivity contribution in [3.8, 4) is 0 Å². The van der Waals surface area contributed by atoms with Gasteiger partial charge in [0.1, 0.15) is 0 Å². The van der Waals surface area contributed by atoms with Crippen molar-refractivity contribution in [1.29, 1.82) is 0 Å². The van der Waals surface area contributed by atoms with Gasteiger partial charge in [0.05, 0.1) is 6.61 Å². The highest BCUT2D eigenvalue weighted by Crippen LogP contribution is 2.26. The van der Waals surface area contributed by atoms with E-state index in [1.165, 1.54) is 19.4 Å². The van der Waals surface area contributed by atoms with Gasteiger partial charge in [0.25, 0.3) is 0 Å². The van der Waals surface area contributed by atoms with E-state index in [1.807, 2.05) is 0 Å². The highest BCUT2D eigenvalue weighted by Gasteiger charge is 2.27. The third-order valence-corrected chi connectivity index (χ3v) is 2.66. The van der Waals surface area contributed by atoms with Gasteiger partial charge in [-0.15, -0.1) is 0 Å². The van der Waals surface area contributed by atoms with Crippen molar-refractivity contribution in [2.45, 2.75) is 32.2 Å². The Kier molecular flexibility index (Phi) is 6.00. The molecular formula is C10H20BrNO. The fourth-order valence-electron chi connectivity index (χ4n) is 1.45. The Bertz CT molecular complexity index is 128. The monoisotopic (exact) mass is 249 g/mol. The van der Waals surface area contributed by atoms with Crippen LogP contribution in [0.25, 0.3) is 0 Å². The number of nitrogens with zero attached hydrogens (tertiary/aromatic N) is 1. The van der Waals surface area contributed by atoms with Crippen molar-refractivity contribution in [1.82, 2.24) is 4.90 Å². The minimum absolute atomic E-state index is 0.864. The van der Waals surface area contributed by atoms with E-state index in [4.69, 9.17) is 4.74 Å². The van der Waals surface area contributed by atoms with Crippen LogP contribution in [0.1, 0.15) is 26.2 Å². The quantitative estimate of drug-likeness (QED) is 0.484. The maximum Gasteiger partial charge on any atom is 0.0593 e. The molecule has 78 valence electrons. The Hall–Kier alpha value is 0.400. The van der Waals surface area contributed by atoms with Gasteiger partial charge in [0.15, 0.2) is 0 Å². The van der Waals surface area contributed by atoms with Crippen LogP contribution < -0.4 is 0 Å². The molecule has 0 spiro atoms. The lowest BCUT2D eigenvalue weighted by Gasteiger charge is -2.20. The van der Waals surface area contributed by atoms with Crippen LogP contribution in [0.2, 0.25) is 0 Å². The summed E-state index contributed by atoms with van der Waals surface area (Å²) in [5, 5.41) is 1.08. The highest BCUT2D eigenvalue weighted by molar-refractivity contribution is 9.09. The van der Waals surface area contributed by atoms with Crippen LogP contribution in [0.15, 0.2) is 0 Å². The predicted molar refractivity (Wildman–Crippen MR) is 59.5 cm³/mol. The molecular weight excluding hydrogens is 230 g/mol. The Morgan fingerprint density at radius 1 is 1.31 bits per heavy atom. The average molecular weight is 250 g/mol. The molecule has 0 aromatic rings. The van der Waals surface area contributed by atoms with Gasteiger partial charge in [-0.05, 0) is 19.3 Å². The lowest BCUT2D eigenvalue weighted by Crippen LogP contribution is -2.31. The van der Waals surface area contributed by atoms with Gasteiger partial charge in [-0.1, -0.05) is 22.9 Å². The molecule has 1 fully saturated rings. The first-order valence-corrected chi connectivity index (χ1v) is 6.38. The summed E-state index contributed by atoms with van der Waals surface area (Å²) in [4.78, 5) is 2.53. The zero-order chi connectivity index (χ0) is 9.52. The third kappa shape index (κ3) is 4.99. The van der Waals surface area contributed by atoms with E-state index >= 15 is 0 Å². The number of hydrogen-bond donors (Lipinski definition) is 0. The molecule has 13 heavy (non-hydrogen) atoms. The van der Waals surface area contributed by atoms with Crippen molar-refractivity contribution in [3.63, 3.8) is 0 Å². The molecule has 0 saturated heterocycles. The Balaban J connectivity index is 2.00. The predicted octanol–water partition coefficient (Wildman–Crippen LogP) is 2.27. The van der Waals surface area contributed by atoms with Crippen molar-refractivity contribution in [2.75, 3.05) is 31.6 Å². The number of alkyl halides is 1. The molecule has 0 aliphatic heterocycles. The summed E-state index contributed by atoms with van der Waals surface area (Å²) in [6, 6.07) is 0.864. The summed E-state index contributed by atoms with van der Waals surface area (Å²) in [6.45, 7) is 6.23. The van der Waals surface area contributed by atoms with Crippen molar-refractivity contribution in [2.24, 2.45) is 0 Å². The molecule has 0 N–H and O–H groups in total. The lowest BCUT2D eigenvalue weighted by atomic mass is 10.4. The first-order valence-electron chi connectivity index (χ1n) is 5.26. The van der Waals surface area contributed by atoms with Crippen molar-refractivity contribution in [3.05, 3.63) is 0 Å². The van der Waals surface area contributed by atoms with E-state index in [0.29, 0.717) is 0 Å². The van der Waals surface area contributed by atoms with E-state index in [2.05, 4.69) is 27.8 Å². The largest absolute Gasteiger partial charge is 0.380 e. The molecule has 0 unspecified atom stereocenters. The van der Waals surface area contributed by atoms with E-state index in [-0.39, 0.29) is 0 Å². The maximum absolute atomic E-state index is 5.48. The van der Waals surface area contributed by atoms with Crippen LogP contribution in [0.3, 0.4) is 0 Å². The van der Waals surface area contributed by atoms with Crippen LogP contribution in [-0.4, -0.2) is 42.6 Å². The maximum atomic E-state index is 5.48. The molecule has 0 amide bonds. The van der Waals surface area contributed by atoms with Crippen molar-refractivity contribution >= 4 is 15.9 Å². The molecule has 1 aliphatic carbocycles. The van der Waals surface area contributed by atoms with Gasteiger partial charge in [-0.25, -0.2) is 0 Å². The van der Waals surface area contributed by atoms with E-state index in [1.54, 1.807) is 0 Å². The van der Waals surface area contributed by atoms with Gasteiger partial charge in [0, 0.05) is 31.1 Å². The Labute approximate surface area is 89.8 Å². The first-order chi connectivity index (χ1) is 6.38. The fourth-order valence-corrected chi connectivity index (χ4v) is 1.91. The summed E-state index contributed by atoms with van der Waals surface area (Å²) in [7, 11) is 0. The second kappa shape index (κ2) is 6.80. The van der Waals surface area contributed by atoms with Gasteiger partial charge in [-0.3, -0.25) is 4.90 Å². The molecule has 0 heterocycles. The van der Waals surface area contributed by atoms with E-state index in [9.17, 15) is 0 Å². The zero-order valence-electron chi connectivity index (χ0n) is 8.47. The molecule has 1 rings (SSSR count). The molecule has 0 aromatic carbocycles. The van der Waals surface area contributed by atoms with Crippen LogP contribution >= 0.6 is 15.9 Å². The number of rotatable bonds is 8. The van der Waals surface area contributed by atoms with Gasteiger partial charge in [0.2, 0.25) is 0 Å². The molecule has 1 aliphatic rings. The lowest BCUT2D eigenvalue weighted by molar-refractivity contribution is 0.104. The second-order valence-corrected chi connectivity index (χ2v) is 4.36. The SMILES string of the molecule is CCCOCCN(CCBr)C1CC1.